The largest absolute Gasteiger partial charge is 0.341 e. The van der Waals surface area contributed by atoms with Gasteiger partial charge >= 0.3 is 0 Å². The topological polar surface area (TPSA) is 28.7 Å². The molecule has 2 aliphatic rings. The number of nitrogens with one attached hydrogen (secondary N) is 1. The lowest BCUT2D eigenvalue weighted by atomic mass is 9.99. The average molecular weight is 250 g/mol. The molecule has 0 amide bonds. The molecule has 0 bridgehead atoms. The van der Waals surface area contributed by atoms with E-state index in [0.717, 1.165) is 11.1 Å². The molecule has 0 aromatic heterocycles. The second-order valence-electron chi connectivity index (χ2n) is 4.62. The number of pyridine rings is 2. The van der Waals surface area contributed by atoms with Gasteiger partial charge in [-0.25, -0.2) is 9.37 Å². The number of aromatic amines is 1. The number of nitrogens with zero attached hydrogens (tertiary/aromatic N) is 1. The van der Waals surface area contributed by atoms with E-state index in [2.05, 4.69) is 23.8 Å². The lowest BCUT2D eigenvalue weighted by Crippen LogP contribution is -2.04. The molecule has 17 heavy (non-hydrogen) atoms. The lowest BCUT2D eigenvalue weighted by molar-refractivity contribution is 0.600. The molecule has 0 fully saturated rings. The Labute approximate surface area is 105 Å². The molecule has 2 rings (SSSR count). The Morgan fingerprint density at radius 2 is 2.00 bits per heavy atom. The van der Waals surface area contributed by atoms with Gasteiger partial charge in [-0.05, 0) is 37.0 Å². The first kappa shape index (κ1) is 12.2. The van der Waals surface area contributed by atoms with Crippen LogP contribution in [0.2, 0.25) is 0 Å². The molecule has 2 heterocycles. The number of H-pyrrole nitrogens is 1. The van der Waals surface area contributed by atoms with Crippen molar-refractivity contribution in [3.05, 3.63) is 33.3 Å². The molecule has 0 atom stereocenters. The van der Waals surface area contributed by atoms with Crippen LogP contribution in [0.3, 0.4) is 0 Å². The van der Waals surface area contributed by atoms with E-state index in [1.807, 2.05) is 6.07 Å². The SMILES string of the molecule is Cc1[nH]c2nc(=S)c(C(C)C)cc-2c(C)c1F. The van der Waals surface area contributed by atoms with E-state index in [1.165, 1.54) is 0 Å². The van der Waals surface area contributed by atoms with Gasteiger partial charge in [0.15, 0.2) is 0 Å². The standard InChI is InChI=1S/C13H15FN2S/c1-6(2)9-5-10-7(3)11(14)8(4)15-12(10)16-13(9)17/h5-6H,1-4H3,(H,15,16,17). The van der Waals surface area contributed by atoms with Crippen molar-refractivity contribution in [1.29, 1.82) is 0 Å². The minimum atomic E-state index is -0.203. The van der Waals surface area contributed by atoms with Gasteiger partial charge in [0.05, 0.1) is 0 Å². The highest BCUT2D eigenvalue weighted by Gasteiger charge is 2.16. The maximum absolute atomic E-state index is 13.8. The molecule has 0 aliphatic carbocycles. The number of fused-ring (bicyclic) bond motifs is 1. The summed E-state index contributed by atoms with van der Waals surface area (Å²) in [5, 5.41) is 0. The Hall–Kier alpha value is -1.29. The third kappa shape index (κ3) is 1.97. The quantitative estimate of drug-likeness (QED) is 0.771. The zero-order chi connectivity index (χ0) is 12.7. The van der Waals surface area contributed by atoms with Gasteiger partial charge in [-0.2, -0.15) is 0 Å². The molecule has 2 aliphatic heterocycles. The molecule has 0 saturated carbocycles. The summed E-state index contributed by atoms with van der Waals surface area (Å²) in [4.78, 5) is 7.31. The monoisotopic (exact) mass is 250 g/mol. The molecule has 0 unspecified atom stereocenters. The van der Waals surface area contributed by atoms with E-state index in [4.69, 9.17) is 12.2 Å². The van der Waals surface area contributed by atoms with Crippen molar-refractivity contribution in [2.45, 2.75) is 33.6 Å². The molecule has 0 radical (unpaired) electrons. The fourth-order valence-electron chi connectivity index (χ4n) is 1.94. The smallest absolute Gasteiger partial charge is 0.145 e. The molecule has 0 aromatic rings. The van der Waals surface area contributed by atoms with Gasteiger partial charge in [0.25, 0.3) is 0 Å². The summed E-state index contributed by atoms with van der Waals surface area (Å²) < 4.78 is 14.4. The number of hydrogen-bond donors (Lipinski definition) is 1. The molecule has 0 spiro atoms. The molecule has 0 saturated heterocycles. The Morgan fingerprint density at radius 1 is 1.35 bits per heavy atom. The maximum atomic E-state index is 13.8. The molecule has 1 N–H and O–H groups in total. The van der Waals surface area contributed by atoms with Crippen LogP contribution in [0.25, 0.3) is 11.4 Å². The fraction of sp³-hybridized carbons (Fsp3) is 0.385. The van der Waals surface area contributed by atoms with E-state index >= 15 is 0 Å². The number of aryl methyl sites for hydroxylation is 1. The first-order valence-electron chi connectivity index (χ1n) is 5.61. The first-order chi connectivity index (χ1) is 7.91. The minimum Gasteiger partial charge on any atom is -0.341 e. The Kier molecular flexibility index (Phi) is 3.00. The summed E-state index contributed by atoms with van der Waals surface area (Å²) in [6, 6.07) is 1.95. The summed E-state index contributed by atoms with van der Waals surface area (Å²) in [5.74, 6) is 0.755. The van der Waals surface area contributed by atoms with Gasteiger partial charge < -0.3 is 4.98 Å². The second kappa shape index (κ2) is 4.18. The van der Waals surface area contributed by atoms with Gasteiger partial charge in [0.1, 0.15) is 16.3 Å². The summed E-state index contributed by atoms with van der Waals surface area (Å²) in [7, 11) is 0. The zero-order valence-corrected chi connectivity index (χ0v) is 11.2. The Balaban J connectivity index is 2.86. The average Bonchev–Trinajstić information content (AvgIpc) is 2.25. The van der Waals surface area contributed by atoms with Crippen LogP contribution in [-0.4, -0.2) is 9.97 Å². The van der Waals surface area contributed by atoms with Crippen LogP contribution >= 0.6 is 12.2 Å². The van der Waals surface area contributed by atoms with E-state index in [1.54, 1.807) is 13.8 Å². The number of halogens is 1. The van der Waals surface area contributed by atoms with Crippen LogP contribution < -0.4 is 0 Å². The van der Waals surface area contributed by atoms with Crippen LogP contribution in [0, 0.1) is 24.3 Å². The fourth-order valence-corrected chi connectivity index (χ4v) is 2.32. The van der Waals surface area contributed by atoms with Crippen molar-refractivity contribution >= 4 is 12.2 Å². The number of hydrogen-bond acceptors (Lipinski definition) is 2. The molecule has 0 aromatic carbocycles. The van der Waals surface area contributed by atoms with Crippen LogP contribution in [0.4, 0.5) is 4.39 Å². The normalized spacial score (nSPS) is 11.4. The first-order valence-corrected chi connectivity index (χ1v) is 6.02. The van der Waals surface area contributed by atoms with Gasteiger partial charge in [-0.3, -0.25) is 0 Å². The predicted molar refractivity (Wildman–Crippen MR) is 69.6 cm³/mol. The maximum Gasteiger partial charge on any atom is 0.145 e. The van der Waals surface area contributed by atoms with E-state index in [9.17, 15) is 4.39 Å². The molecule has 4 heteroatoms. The van der Waals surface area contributed by atoms with Crippen molar-refractivity contribution in [3.63, 3.8) is 0 Å². The van der Waals surface area contributed by atoms with E-state index in [0.29, 0.717) is 27.6 Å². The molecule has 90 valence electrons. The molecular formula is C13H15FN2S. The predicted octanol–water partition coefficient (Wildman–Crippen LogP) is 4.12. The summed E-state index contributed by atoms with van der Waals surface area (Å²) >= 11 is 5.25. The molecule has 2 nitrogen and oxygen atoms in total. The van der Waals surface area contributed by atoms with Crippen LogP contribution in [0.5, 0.6) is 0 Å². The van der Waals surface area contributed by atoms with Gasteiger partial charge in [-0.1, -0.05) is 26.1 Å². The number of aromatic nitrogens is 2. The second-order valence-corrected chi connectivity index (χ2v) is 5.01. The van der Waals surface area contributed by atoms with E-state index in [-0.39, 0.29) is 5.82 Å². The van der Waals surface area contributed by atoms with Crippen molar-refractivity contribution in [1.82, 2.24) is 9.97 Å². The van der Waals surface area contributed by atoms with Crippen molar-refractivity contribution in [3.8, 4) is 11.4 Å². The highest BCUT2D eigenvalue weighted by Crippen LogP contribution is 2.29. The van der Waals surface area contributed by atoms with Crippen molar-refractivity contribution in [2.24, 2.45) is 0 Å². The summed E-state index contributed by atoms with van der Waals surface area (Å²) in [5.41, 5.74) is 2.92. The third-order valence-corrected chi connectivity index (χ3v) is 3.33. The van der Waals surface area contributed by atoms with Gasteiger partial charge in [0, 0.05) is 11.3 Å². The van der Waals surface area contributed by atoms with Crippen LogP contribution in [0.1, 0.15) is 36.6 Å². The summed E-state index contributed by atoms with van der Waals surface area (Å²) in [6.45, 7) is 7.58. The minimum absolute atomic E-state index is 0.203. The van der Waals surface area contributed by atoms with Crippen molar-refractivity contribution in [2.75, 3.05) is 0 Å². The van der Waals surface area contributed by atoms with Gasteiger partial charge in [0.2, 0.25) is 0 Å². The zero-order valence-electron chi connectivity index (χ0n) is 10.4. The van der Waals surface area contributed by atoms with Crippen LogP contribution in [0.15, 0.2) is 6.07 Å². The Morgan fingerprint density at radius 3 is 2.59 bits per heavy atom. The van der Waals surface area contributed by atoms with E-state index < -0.39 is 0 Å². The third-order valence-electron chi connectivity index (χ3n) is 3.01. The van der Waals surface area contributed by atoms with Crippen LogP contribution in [-0.2, 0) is 0 Å². The highest BCUT2D eigenvalue weighted by molar-refractivity contribution is 7.71. The highest BCUT2D eigenvalue weighted by atomic mass is 32.1. The summed E-state index contributed by atoms with van der Waals surface area (Å²) in [6.07, 6.45) is 0. The number of rotatable bonds is 1. The molecular weight excluding hydrogens is 235 g/mol. The van der Waals surface area contributed by atoms with Gasteiger partial charge in [-0.15, -0.1) is 0 Å². The Bertz CT molecular complexity index is 601. The lowest BCUT2D eigenvalue weighted by Gasteiger charge is -2.14. The van der Waals surface area contributed by atoms with Crippen molar-refractivity contribution < 1.29 is 4.39 Å².